The first-order chi connectivity index (χ1) is 12.9. The van der Waals surface area contributed by atoms with Gasteiger partial charge in [-0.2, -0.15) is 0 Å². The predicted molar refractivity (Wildman–Crippen MR) is 107 cm³/mol. The van der Waals surface area contributed by atoms with Gasteiger partial charge >= 0.3 is 6.03 Å². The van der Waals surface area contributed by atoms with Crippen LogP contribution in [-0.4, -0.2) is 47.0 Å². The highest BCUT2D eigenvalue weighted by atomic mass is 32.2. The summed E-state index contributed by atoms with van der Waals surface area (Å²) in [6, 6.07) is 13.7. The highest BCUT2D eigenvalue weighted by Crippen LogP contribution is 2.26. The Bertz CT molecular complexity index is 894. The van der Waals surface area contributed by atoms with Crippen molar-refractivity contribution < 1.29 is 17.9 Å². The van der Waals surface area contributed by atoms with Crippen LogP contribution in [0.15, 0.2) is 48.5 Å². The molecule has 1 heterocycles. The van der Waals surface area contributed by atoms with Gasteiger partial charge in [0.25, 0.3) is 0 Å². The van der Waals surface area contributed by atoms with Crippen molar-refractivity contribution in [2.45, 2.75) is 0 Å². The van der Waals surface area contributed by atoms with Crippen molar-refractivity contribution in [3.05, 3.63) is 48.5 Å². The Morgan fingerprint density at radius 2 is 1.59 bits per heavy atom. The van der Waals surface area contributed by atoms with Crippen LogP contribution in [0.2, 0.25) is 0 Å². The number of anilines is 4. The number of nitrogens with one attached hydrogen (secondary N) is 3. The molecule has 0 aromatic heterocycles. The molecule has 0 radical (unpaired) electrons. The van der Waals surface area contributed by atoms with E-state index >= 15 is 0 Å². The Balaban J connectivity index is 1.64. The van der Waals surface area contributed by atoms with Crippen LogP contribution in [0.25, 0.3) is 0 Å². The lowest BCUT2D eigenvalue weighted by Crippen LogP contribution is -2.36. The molecule has 0 bridgehead atoms. The monoisotopic (exact) mass is 390 g/mol. The van der Waals surface area contributed by atoms with Gasteiger partial charge in [-0.1, -0.05) is 12.1 Å². The Hall–Kier alpha value is -2.78. The molecule has 1 fully saturated rings. The quantitative estimate of drug-likeness (QED) is 0.729. The predicted octanol–water partition coefficient (Wildman–Crippen LogP) is 2.54. The van der Waals surface area contributed by atoms with Gasteiger partial charge in [0.15, 0.2) is 0 Å². The maximum atomic E-state index is 12.4. The number of benzene rings is 2. The Kier molecular flexibility index (Phi) is 5.82. The maximum Gasteiger partial charge on any atom is 0.323 e. The minimum absolute atomic E-state index is 0.375. The lowest BCUT2D eigenvalue weighted by molar-refractivity contribution is 0.123. The summed E-state index contributed by atoms with van der Waals surface area (Å²) < 4.78 is 30.2. The van der Waals surface area contributed by atoms with Gasteiger partial charge in [-0.3, -0.25) is 4.72 Å². The Morgan fingerprint density at radius 3 is 2.26 bits per heavy atom. The lowest BCUT2D eigenvalue weighted by atomic mass is 10.2. The molecule has 2 amide bonds. The number of rotatable bonds is 5. The Labute approximate surface area is 158 Å². The maximum absolute atomic E-state index is 12.4. The zero-order valence-electron chi connectivity index (χ0n) is 14.9. The summed E-state index contributed by atoms with van der Waals surface area (Å²) in [5, 5.41) is 5.61. The van der Waals surface area contributed by atoms with E-state index in [9.17, 15) is 13.2 Å². The second-order valence-corrected chi connectivity index (χ2v) is 7.90. The van der Waals surface area contributed by atoms with Crippen LogP contribution in [0.5, 0.6) is 0 Å². The molecule has 2 aromatic rings. The van der Waals surface area contributed by atoms with Gasteiger partial charge in [0.2, 0.25) is 10.0 Å². The van der Waals surface area contributed by atoms with Crippen LogP contribution in [0.1, 0.15) is 0 Å². The second kappa shape index (κ2) is 8.28. The summed E-state index contributed by atoms with van der Waals surface area (Å²) in [4.78, 5) is 14.5. The standard InChI is InChI=1S/C18H22N4O4S/c1-27(24,25)21-15-8-6-14(7-9-15)19-18(23)20-16-4-2-3-5-17(16)22-10-12-26-13-11-22/h2-9,21H,10-13H2,1H3,(H2,19,20,23). The molecule has 0 aliphatic carbocycles. The van der Waals surface area contributed by atoms with Crippen LogP contribution in [0.3, 0.4) is 0 Å². The fraction of sp³-hybridized carbons (Fsp3) is 0.278. The first-order valence-electron chi connectivity index (χ1n) is 8.48. The zero-order chi connectivity index (χ0) is 19.3. The molecule has 27 heavy (non-hydrogen) atoms. The van der Waals surface area contributed by atoms with E-state index in [1.54, 1.807) is 24.3 Å². The van der Waals surface area contributed by atoms with Crippen LogP contribution in [0, 0.1) is 0 Å². The summed E-state index contributed by atoms with van der Waals surface area (Å²) in [7, 11) is -3.33. The van der Waals surface area contributed by atoms with E-state index in [0.29, 0.717) is 30.3 Å². The van der Waals surface area contributed by atoms with Gasteiger partial charge in [-0.25, -0.2) is 13.2 Å². The fourth-order valence-electron chi connectivity index (χ4n) is 2.78. The summed E-state index contributed by atoms with van der Waals surface area (Å²) in [6.45, 7) is 2.87. The summed E-state index contributed by atoms with van der Waals surface area (Å²) in [5.41, 5.74) is 2.65. The number of para-hydroxylation sites is 2. The van der Waals surface area contributed by atoms with Crippen molar-refractivity contribution >= 4 is 38.8 Å². The van der Waals surface area contributed by atoms with Crippen molar-refractivity contribution in [2.24, 2.45) is 0 Å². The van der Waals surface area contributed by atoms with Crippen molar-refractivity contribution in [3.63, 3.8) is 0 Å². The SMILES string of the molecule is CS(=O)(=O)Nc1ccc(NC(=O)Nc2ccccc2N2CCOCC2)cc1. The third-order valence-corrected chi connectivity index (χ3v) is 4.56. The number of amides is 2. The molecular formula is C18H22N4O4S. The molecule has 0 spiro atoms. The molecular weight excluding hydrogens is 368 g/mol. The van der Waals surface area contributed by atoms with E-state index < -0.39 is 10.0 Å². The normalized spacial score (nSPS) is 14.5. The van der Waals surface area contributed by atoms with E-state index in [1.807, 2.05) is 24.3 Å². The van der Waals surface area contributed by atoms with Gasteiger partial charge in [0.1, 0.15) is 0 Å². The van der Waals surface area contributed by atoms with E-state index in [2.05, 4.69) is 20.3 Å². The lowest BCUT2D eigenvalue weighted by Gasteiger charge is -2.30. The number of nitrogens with zero attached hydrogens (tertiary/aromatic N) is 1. The molecule has 0 atom stereocenters. The average molecular weight is 390 g/mol. The third kappa shape index (κ3) is 5.60. The summed E-state index contributed by atoms with van der Waals surface area (Å²) >= 11 is 0. The molecule has 2 aromatic carbocycles. The minimum atomic E-state index is -3.33. The van der Waals surface area contributed by atoms with Gasteiger partial charge in [0, 0.05) is 24.5 Å². The average Bonchev–Trinajstić information content (AvgIpc) is 2.63. The van der Waals surface area contributed by atoms with Crippen molar-refractivity contribution in [2.75, 3.05) is 52.8 Å². The molecule has 1 saturated heterocycles. The van der Waals surface area contributed by atoms with Gasteiger partial charge < -0.3 is 20.3 Å². The van der Waals surface area contributed by atoms with E-state index in [1.165, 1.54) is 0 Å². The van der Waals surface area contributed by atoms with Crippen LogP contribution in [-0.2, 0) is 14.8 Å². The van der Waals surface area contributed by atoms with Crippen molar-refractivity contribution in [1.29, 1.82) is 0 Å². The number of carbonyl (C=O) groups excluding carboxylic acids is 1. The van der Waals surface area contributed by atoms with Gasteiger partial charge in [-0.05, 0) is 36.4 Å². The number of hydrogen-bond donors (Lipinski definition) is 3. The molecule has 0 unspecified atom stereocenters. The topological polar surface area (TPSA) is 99.8 Å². The van der Waals surface area contributed by atoms with Crippen molar-refractivity contribution in [3.8, 4) is 0 Å². The molecule has 1 aliphatic heterocycles. The number of morpholine rings is 1. The number of carbonyl (C=O) groups is 1. The minimum Gasteiger partial charge on any atom is -0.378 e. The number of sulfonamides is 1. The van der Waals surface area contributed by atoms with E-state index in [-0.39, 0.29) is 6.03 Å². The molecule has 9 heteroatoms. The van der Waals surface area contributed by atoms with Gasteiger partial charge in [-0.15, -0.1) is 0 Å². The molecule has 3 N–H and O–H groups in total. The summed E-state index contributed by atoms with van der Waals surface area (Å²) in [6.07, 6.45) is 1.08. The molecule has 8 nitrogen and oxygen atoms in total. The van der Waals surface area contributed by atoms with Crippen LogP contribution < -0.4 is 20.3 Å². The van der Waals surface area contributed by atoms with Crippen molar-refractivity contribution in [1.82, 2.24) is 0 Å². The highest BCUT2D eigenvalue weighted by Gasteiger charge is 2.15. The number of urea groups is 1. The van der Waals surface area contributed by atoms with Crippen LogP contribution >= 0.6 is 0 Å². The first kappa shape index (κ1) is 19.0. The van der Waals surface area contributed by atoms with Gasteiger partial charge in [0.05, 0.1) is 30.8 Å². The van der Waals surface area contributed by atoms with E-state index in [0.717, 1.165) is 25.0 Å². The summed E-state index contributed by atoms with van der Waals surface area (Å²) in [5.74, 6) is 0. The second-order valence-electron chi connectivity index (χ2n) is 6.15. The molecule has 0 saturated carbocycles. The largest absolute Gasteiger partial charge is 0.378 e. The zero-order valence-corrected chi connectivity index (χ0v) is 15.8. The first-order valence-corrected chi connectivity index (χ1v) is 10.4. The Morgan fingerprint density at radius 1 is 0.963 bits per heavy atom. The smallest absolute Gasteiger partial charge is 0.323 e. The number of ether oxygens (including phenoxy) is 1. The third-order valence-electron chi connectivity index (χ3n) is 3.95. The van der Waals surface area contributed by atoms with E-state index in [4.69, 9.17) is 4.74 Å². The molecule has 3 rings (SSSR count). The molecule has 144 valence electrons. The number of hydrogen-bond acceptors (Lipinski definition) is 5. The highest BCUT2D eigenvalue weighted by molar-refractivity contribution is 7.92. The molecule has 1 aliphatic rings. The van der Waals surface area contributed by atoms with Crippen LogP contribution in [0.4, 0.5) is 27.5 Å². The fourth-order valence-corrected chi connectivity index (χ4v) is 3.34.